The molecule has 2 N–H and O–H groups in total. The van der Waals surface area contributed by atoms with Crippen molar-refractivity contribution in [3.8, 4) is 5.75 Å². The smallest absolute Gasteiger partial charge is 0.156 e. The van der Waals surface area contributed by atoms with E-state index < -0.39 is 0 Å². The molecule has 0 saturated carbocycles. The predicted molar refractivity (Wildman–Crippen MR) is 86.1 cm³/mol. The van der Waals surface area contributed by atoms with Gasteiger partial charge in [0, 0.05) is 18.4 Å². The highest BCUT2D eigenvalue weighted by Crippen LogP contribution is 2.32. The van der Waals surface area contributed by atoms with Crippen molar-refractivity contribution in [2.75, 3.05) is 30.8 Å². The van der Waals surface area contributed by atoms with Crippen molar-refractivity contribution < 1.29 is 4.74 Å². The zero-order valence-electron chi connectivity index (χ0n) is 11.1. The topological polar surface area (TPSA) is 38.5 Å². The quantitative estimate of drug-likeness (QED) is 0.845. The maximum atomic E-state index is 6.04. The predicted octanol–water partition coefficient (Wildman–Crippen LogP) is 4.09. The Morgan fingerprint density at radius 1 is 1.05 bits per heavy atom. The van der Waals surface area contributed by atoms with E-state index in [2.05, 4.69) is 4.90 Å². The summed E-state index contributed by atoms with van der Waals surface area (Å²) in [6, 6.07) is 13.0. The van der Waals surface area contributed by atoms with Crippen LogP contribution in [0.5, 0.6) is 5.75 Å². The first-order valence-corrected chi connectivity index (χ1v) is 6.97. The summed E-state index contributed by atoms with van der Waals surface area (Å²) < 4.78 is 5.65. The number of anilines is 2. The molecule has 0 aromatic heterocycles. The molecule has 0 bridgehead atoms. The Hall–Kier alpha value is -1.58. The highest BCUT2D eigenvalue weighted by atomic mass is 35.5. The molecule has 0 fully saturated rings. The molecule has 5 heteroatoms. The Kier molecular flexibility index (Phi) is 4.99. The molecule has 0 saturated heterocycles. The Morgan fingerprint density at radius 2 is 1.65 bits per heavy atom. The summed E-state index contributed by atoms with van der Waals surface area (Å²) in [6.07, 6.45) is 0. The standard InChI is InChI=1S/C15H16Cl2N2O/c1-19(12-7-5-11(18)6-8-12)9-10-20-15-13(16)3-2-4-14(15)17/h2-8H,9-10,18H2,1H3. The van der Waals surface area contributed by atoms with E-state index in [9.17, 15) is 0 Å². The van der Waals surface area contributed by atoms with Crippen LogP contribution in [0.4, 0.5) is 11.4 Å². The Balaban J connectivity index is 1.91. The fraction of sp³-hybridized carbons (Fsp3) is 0.200. The normalized spacial score (nSPS) is 10.3. The summed E-state index contributed by atoms with van der Waals surface area (Å²) in [4.78, 5) is 2.07. The first-order valence-electron chi connectivity index (χ1n) is 6.21. The second-order valence-corrected chi connectivity index (χ2v) is 5.23. The van der Waals surface area contributed by atoms with Gasteiger partial charge in [-0.1, -0.05) is 29.3 Å². The number of hydrogen-bond donors (Lipinski definition) is 1. The van der Waals surface area contributed by atoms with Gasteiger partial charge in [-0.2, -0.15) is 0 Å². The lowest BCUT2D eigenvalue weighted by Crippen LogP contribution is -2.23. The number of halogens is 2. The van der Waals surface area contributed by atoms with Crippen molar-refractivity contribution in [2.24, 2.45) is 0 Å². The molecule has 106 valence electrons. The second-order valence-electron chi connectivity index (χ2n) is 4.41. The Labute approximate surface area is 128 Å². The molecule has 0 aliphatic rings. The van der Waals surface area contributed by atoms with Gasteiger partial charge in [-0.15, -0.1) is 0 Å². The molecule has 0 spiro atoms. The van der Waals surface area contributed by atoms with Crippen LogP contribution in [0.15, 0.2) is 42.5 Å². The van der Waals surface area contributed by atoms with Crippen LogP contribution in [0, 0.1) is 0 Å². The summed E-state index contributed by atoms with van der Waals surface area (Å²) in [5, 5.41) is 1.04. The van der Waals surface area contributed by atoms with Gasteiger partial charge >= 0.3 is 0 Å². The van der Waals surface area contributed by atoms with Crippen LogP contribution in [0.3, 0.4) is 0 Å². The first-order chi connectivity index (χ1) is 9.58. The number of nitrogens with zero attached hydrogens (tertiary/aromatic N) is 1. The molecular weight excluding hydrogens is 295 g/mol. The van der Waals surface area contributed by atoms with Crippen LogP contribution in [-0.2, 0) is 0 Å². The van der Waals surface area contributed by atoms with Crippen molar-refractivity contribution in [3.63, 3.8) is 0 Å². The number of rotatable bonds is 5. The molecule has 20 heavy (non-hydrogen) atoms. The van der Waals surface area contributed by atoms with Gasteiger partial charge in [0.15, 0.2) is 5.75 Å². The van der Waals surface area contributed by atoms with Crippen LogP contribution in [0.2, 0.25) is 10.0 Å². The van der Waals surface area contributed by atoms with Crippen LogP contribution in [0.1, 0.15) is 0 Å². The third-order valence-electron chi connectivity index (χ3n) is 2.93. The number of likely N-dealkylation sites (N-methyl/N-ethyl adjacent to an activating group) is 1. The Morgan fingerprint density at radius 3 is 2.25 bits per heavy atom. The number of para-hydroxylation sites is 1. The molecule has 0 radical (unpaired) electrons. The van der Waals surface area contributed by atoms with Crippen LogP contribution < -0.4 is 15.4 Å². The second kappa shape index (κ2) is 6.73. The van der Waals surface area contributed by atoms with E-state index in [1.54, 1.807) is 18.2 Å². The SMILES string of the molecule is CN(CCOc1c(Cl)cccc1Cl)c1ccc(N)cc1. The van der Waals surface area contributed by atoms with Gasteiger partial charge < -0.3 is 15.4 Å². The summed E-state index contributed by atoms with van der Waals surface area (Å²) >= 11 is 12.1. The lowest BCUT2D eigenvalue weighted by molar-refractivity contribution is 0.326. The van der Waals surface area contributed by atoms with E-state index >= 15 is 0 Å². The average molecular weight is 311 g/mol. The monoisotopic (exact) mass is 310 g/mol. The van der Waals surface area contributed by atoms with E-state index in [1.807, 2.05) is 31.3 Å². The van der Waals surface area contributed by atoms with Gasteiger partial charge in [-0.3, -0.25) is 0 Å². The average Bonchev–Trinajstić information content (AvgIpc) is 2.42. The van der Waals surface area contributed by atoms with Gasteiger partial charge in [0.1, 0.15) is 6.61 Å². The molecule has 3 nitrogen and oxygen atoms in total. The lowest BCUT2D eigenvalue weighted by atomic mass is 10.2. The maximum Gasteiger partial charge on any atom is 0.156 e. The Bertz CT molecular complexity index is 552. The third-order valence-corrected chi connectivity index (χ3v) is 3.52. The van der Waals surface area contributed by atoms with Crippen molar-refractivity contribution in [1.29, 1.82) is 0 Å². The fourth-order valence-electron chi connectivity index (χ4n) is 1.76. The lowest BCUT2D eigenvalue weighted by Gasteiger charge is -2.20. The zero-order valence-corrected chi connectivity index (χ0v) is 12.7. The number of nitrogen functional groups attached to an aromatic ring is 1. The minimum absolute atomic E-state index is 0.490. The van der Waals surface area contributed by atoms with Gasteiger partial charge in [0.2, 0.25) is 0 Å². The number of ether oxygens (including phenoxy) is 1. The van der Waals surface area contributed by atoms with Gasteiger partial charge in [-0.25, -0.2) is 0 Å². The van der Waals surface area contributed by atoms with E-state index in [-0.39, 0.29) is 0 Å². The van der Waals surface area contributed by atoms with E-state index in [4.69, 9.17) is 33.7 Å². The molecule has 0 heterocycles. The third kappa shape index (κ3) is 3.71. The van der Waals surface area contributed by atoms with Crippen LogP contribution in [0.25, 0.3) is 0 Å². The highest BCUT2D eigenvalue weighted by molar-refractivity contribution is 6.37. The molecular formula is C15H16Cl2N2O. The van der Waals surface area contributed by atoms with Gasteiger partial charge in [0.25, 0.3) is 0 Å². The maximum absolute atomic E-state index is 6.04. The number of nitrogens with two attached hydrogens (primary N) is 1. The summed E-state index contributed by atoms with van der Waals surface area (Å²) in [5.74, 6) is 0.529. The van der Waals surface area contributed by atoms with E-state index in [1.165, 1.54) is 0 Å². The number of benzene rings is 2. The summed E-state index contributed by atoms with van der Waals surface area (Å²) in [5.41, 5.74) is 7.49. The zero-order chi connectivity index (χ0) is 14.5. The van der Waals surface area contributed by atoms with E-state index in [0.717, 1.165) is 11.4 Å². The molecule has 2 aromatic rings. The minimum atomic E-state index is 0.490. The van der Waals surface area contributed by atoms with Crippen molar-refractivity contribution in [2.45, 2.75) is 0 Å². The molecule has 2 rings (SSSR count). The van der Waals surface area contributed by atoms with E-state index in [0.29, 0.717) is 28.9 Å². The van der Waals surface area contributed by atoms with Gasteiger partial charge in [0.05, 0.1) is 16.6 Å². The van der Waals surface area contributed by atoms with Gasteiger partial charge in [-0.05, 0) is 36.4 Å². The van der Waals surface area contributed by atoms with Crippen LogP contribution >= 0.6 is 23.2 Å². The molecule has 0 atom stereocenters. The largest absolute Gasteiger partial charge is 0.489 e. The fourth-order valence-corrected chi connectivity index (χ4v) is 2.27. The highest BCUT2D eigenvalue weighted by Gasteiger charge is 2.07. The van der Waals surface area contributed by atoms with Crippen molar-refractivity contribution in [3.05, 3.63) is 52.5 Å². The summed E-state index contributed by atoms with van der Waals surface area (Å²) in [6.45, 7) is 1.20. The number of hydrogen-bond acceptors (Lipinski definition) is 3. The van der Waals surface area contributed by atoms with Crippen LogP contribution in [-0.4, -0.2) is 20.2 Å². The summed E-state index contributed by atoms with van der Waals surface area (Å²) in [7, 11) is 1.99. The molecule has 0 amide bonds. The molecule has 0 unspecified atom stereocenters. The molecule has 2 aromatic carbocycles. The molecule has 0 aliphatic carbocycles. The minimum Gasteiger partial charge on any atom is -0.489 e. The molecule has 0 aliphatic heterocycles. The first kappa shape index (κ1) is 14.8. The van der Waals surface area contributed by atoms with Crippen molar-refractivity contribution >= 4 is 34.6 Å². The van der Waals surface area contributed by atoms with Crippen molar-refractivity contribution in [1.82, 2.24) is 0 Å².